The Kier molecular flexibility index (Phi) is 3.98. The molecule has 0 aliphatic carbocycles. The number of amides is 2. The van der Waals surface area contributed by atoms with E-state index in [0.29, 0.717) is 11.3 Å². The van der Waals surface area contributed by atoms with Crippen LogP contribution < -0.4 is 4.90 Å². The fourth-order valence-corrected chi connectivity index (χ4v) is 4.13. The maximum absolute atomic E-state index is 13.1. The predicted octanol–water partition coefficient (Wildman–Crippen LogP) is 2.82. The molecule has 2 amide bonds. The number of hydrogen-bond donors (Lipinski definition) is 0. The molecule has 122 valence electrons. The third-order valence-corrected chi connectivity index (χ3v) is 5.45. The molecule has 2 aromatic rings. The molecule has 24 heavy (non-hydrogen) atoms. The van der Waals surface area contributed by atoms with Gasteiger partial charge in [-0.25, -0.2) is 4.98 Å². The van der Waals surface area contributed by atoms with Crippen molar-refractivity contribution >= 4 is 29.3 Å². The van der Waals surface area contributed by atoms with Crippen LogP contribution in [0, 0.1) is 0 Å². The van der Waals surface area contributed by atoms with Crippen molar-refractivity contribution in [3.8, 4) is 0 Å². The molecule has 0 N–H and O–H groups in total. The zero-order valence-corrected chi connectivity index (χ0v) is 14.0. The van der Waals surface area contributed by atoms with Crippen LogP contribution in [0.25, 0.3) is 0 Å². The molecule has 5 nitrogen and oxygen atoms in total. The van der Waals surface area contributed by atoms with E-state index in [0.717, 1.165) is 35.9 Å². The molecule has 0 bridgehead atoms. The van der Waals surface area contributed by atoms with E-state index in [-0.39, 0.29) is 18.4 Å². The van der Waals surface area contributed by atoms with E-state index >= 15 is 0 Å². The molecule has 0 atom stereocenters. The number of fused-ring (bicyclic) bond motifs is 2. The molecule has 1 fully saturated rings. The number of likely N-dealkylation sites (tertiary alicyclic amines) is 1. The van der Waals surface area contributed by atoms with Gasteiger partial charge in [0.2, 0.25) is 5.91 Å². The Bertz CT molecular complexity index is 802. The topological polar surface area (TPSA) is 53.5 Å². The Hall–Kier alpha value is -2.34. The maximum Gasteiger partial charge on any atom is 0.259 e. The van der Waals surface area contributed by atoms with E-state index in [1.165, 1.54) is 11.8 Å². The average Bonchev–Trinajstić information content (AvgIpc) is 3.11. The molecule has 4 rings (SSSR count). The van der Waals surface area contributed by atoms with Crippen LogP contribution in [0.5, 0.6) is 0 Å². The van der Waals surface area contributed by atoms with Crippen LogP contribution in [0.2, 0.25) is 0 Å². The fourth-order valence-electron chi connectivity index (χ4n) is 3.12. The van der Waals surface area contributed by atoms with Crippen molar-refractivity contribution in [2.24, 2.45) is 0 Å². The second-order valence-electron chi connectivity index (χ2n) is 5.91. The van der Waals surface area contributed by atoms with Gasteiger partial charge in [0.25, 0.3) is 5.91 Å². The third kappa shape index (κ3) is 2.67. The number of rotatable bonds is 2. The number of nitrogens with zero attached hydrogens (tertiary/aromatic N) is 3. The minimum Gasteiger partial charge on any atom is -0.341 e. The molecule has 1 aromatic carbocycles. The van der Waals surface area contributed by atoms with Gasteiger partial charge in [0.1, 0.15) is 11.6 Å². The van der Waals surface area contributed by atoms with Crippen molar-refractivity contribution in [1.82, 2.24) is 9.88 Å². The van der Waals surface area contributed by atoms with Crippen LogP contribution in [0.4, 0.5) is 5.69 Å². The van der Waals surface area contributed by atoms with Gasteiger partial charge in [0.05, 0.1) is 11.3 Å². The van der Waals surface area contributed by atoms with E-state index < -0.39 is 0 Å². The molecule has 6 heteroatoms. The highest BCUT2D eigenvalue weighted by Crippen LogP contribution is 2.39. The number of pyridine rings is 1. The normalized spacial score (nSPS) is 16.6. The fraction of sp³-hybridized carbons (Fsp3) is 0.278. The smallest absolute Gasteiger partial charge is 0.259 e. The van der Waals surface area contributed by atoms with Crippen molar-refractivity contribution in [2.45, 2.75) is 22.8 Å². The van der Waals surface area contributed by atoms with Crippen LogP contribution in [0.15, 0.2) is 52.5 Å². The summed E-state index contributed by atoms with van der Waals surface area (Å²) in [4.78, 5) is 34.4. The Morgan fingerprint density at radius 3 is 2.75 bits per heavy atom. The molecule has 0 radical (unpaired) electrons. The van der Waals surface area contributed by atoms with Gasteiger partial charge < -0.3 is 4.90 Å². The molecule has 0 spiro atoms. The van der Waals surface area contributed by atoms with Crippen molar-refractivity contribution in [3.05, 3.63) is 48.2 Å². The van der Waals surface area contributed by atoms with Crippen LogP contribution in [0.3, 0.4) is 0 Å². The first-order chi connectivity index (χ1) is 11.7. The molecular formula is C18H17N3O2S. The first kappa shape index (κ1) is 15.2. The van der Waals surface area contributed by atoms with E-state index in [1.807, 2.05) is 35.2 Å². The highest BCUT2D eigenvalue weighted by Gasteiger charge is 2.30. The van der Waals surface area contributed by atoms with Crippen LogP contribution in [-0.2, 0) is 4.79 Å². The van der Waals surface area contributed by atoms with E-state index in [9.17, 15) is 9.59 Å². The summed E-state index contributed by atoms with van der Waals surface area (Å²) in [6.45, 7) is 1.63. The zero-order valence-electron chi connectivity index (χ0n) is 13.1. The monoisotopic (exact) mass is 339 g/mol. The summed E-state index contributed by atoms with van der Waals surface area (Å²) in [7, 11) is 0. The van der Waals surface area contributed by atoms with E-state index in [2.05, 4.69) is 4.98 Å². The van der Waals surface area contributed by atoms with Gasteiger partial charge in [0.15, 0.2) is 0 Å². The van der Waals surface area contributed by atoms with E-state index in [1.54, 1.807) is 17.2 Å². The number of benzene rings is 1. The van der Waals surface area contributed by atoms with Crippen molar-refractivity contribution in [1.29, 1.82) is 0 Å². The molecule has 0 unspecified atom stereocenters. The molecule has 2 aliphatic rings. The van der Waals surface area contributed by atoms with Gasteiger partial charge in [-0.3, -0.25) is 14.5 Å². The van der Waals surface area contributed by atoms with Crippen molar-refractivity contribution in [3.63, 3.8) is 0 Å². The molecular weight excluding hydrogens is 322 g/mol. The lowest BCUT2D eigenvalue weighted by Crippen LogP contribution is -2.42. The number of carbonyl (C=O) groups is 2. The number of aromatic nitrogens is 1. The minimum absolute atomic E-state index is 0.0000317. The van der Waals surface area contributed by atoms with Gasteiger partial charge in [-0.1, -0.05) is 23.9 Å². The Morgan fingerprint density at radius 1 is 1.12 bits per heavy atom. The molecule has 1 aromatic heterocycles. The standard InChI is InChI=1S/C18H17N3O2S/c22-16(20-10-3-4-11-20)12-21-14-7-5-9-19-17(14)24-15-8-2-1-6-13(15)18(21)23/h1-2,5-9H,3-4,10-12H2. The Balaban J connectivity index is 1.73. The zero-order chi connectivity index (χ0) is 16.5. The summed E-state index contributed by atoms with van der Waals surface area (Å²) in [5.41, 5.74) is 1.32. The molecule has 2 aliphatic heterocycles. The van der Waals surface area contributed by atoms with Gasteiger partial charge in [-0.05, 0) is 37.1 Å². The summed E-state index contributed by atoms with van der Waals surface area (Å²) in [5, 5.41) is 0.755. The highest BCUT2D eigenvalue weighted by molar-refractivity contribution is 7.99. The first-order valence-electron chi connectivity index (χ1n) is 8.05. The number of hydrogen-bond acceptors (Lipinski definition) is 4. The van der Waals surface area contributed by atoms with Crippen molar-refractivity contribution in [2.75, 3.05) is 24.5 Å². The highest BCUT2D eigenvalue weighted by atomic mass is 32.2. The summed E-state index contributed by atoms with van der Waals surface area (Å²) >= 11 is 1.47. The quantitative estimate of drug-likeness (QED) is 0.844. The van der Waals surface area contributed by atoms with Crippen LogP contribution in [0.1, 0.15) is 23.2 Å². The van der Waals surface area contributed by atoms with Gasteiger partial charge >= 0.3 is 0 Å². The predicted molar refractivity (Wildman–Crippen MR) is 92.3 cm³/mol. The van der Waals surface area contributed by atoms with Crippen LogP contribution in [-0.4, -0.2) is 41.3 Å². The van der Waals surface area contributed by atoms with E-state index in [4.69, 9.17) is 0 Å². The lowest BCUT2D eigenvalue weighted by Gasteiger charge is -2.24. The Morgan fingerprint density at radius 2 is 1.92 bits per heavy atom. The average molecular weight is 339 g/mol. The lowest BCUT2D eigenvalue weighted by molar-refractivity contribution is -0.128. The van der Waals surface area contributed by atoms with Gasteiger partial charge in [0, 0.05) is 24.2 Å². The summed E-state index contributed by atoms with van der Waals surface area (Å²) in [5.74, 6) is -0.141. The van der Waals surface area contributed by atoms with Gasteiger partial charge in [-0.2, -0.15) is 0 Å². The SMILES string of the molecule is O=C(CN1C(=O)c2ccccc2Sc2ncccc21)N1CCCC1. The lowest BCUT2D eigenvalue weighted by atomic mass is 10.2. The van der Waals surface area contributed by atoms with Gasteiger partial charge in [-0.15, -0.1) is 0 Å². The third-order valence-electron chi connectivity index (χ3n) is 4.36. The van der Waals surface area contributed by atoms with Crippen LogP contribution >= 0.6 is 11.8 Å². The Labute approximate surface area is 144 Å². The number of anilines is 1. The maximum atomic E-state index is 13.1. The minimum atomic E-state index is -0.141. The molecule has 1 saturated heterocycles. The summed E-state index contributed by atoms with van der Waals surface area (Å²) < 4.78 is 0. The van der Waals surface area contributed by atoms with Crippen molar-refractivity contribution < 1.29 is 9.59 Å². The second-order valence-corrected chi connectivity index (χ2v) is 6.94. The largest absolute Gasteiger partial charge is 0.341 e. The molecule has 3 heterocycles. The number of carbonyl (C=O) groups excluding carboxylic acids is 2. The summed E-state index contributed by atoms with van der Waals surface area (Å²) in [6, 6.07) is 11.1. The summed E-state index contributed by atoms with van der Waals surface area (Å²) in [6.07, 6.45) is 3.79. The second kappa shape index (κ2) is 6.28. The first-order valence-corrected chi connectivity index (χ1v) is 8.87. The molecule has 0 saturated carbocycles.